The zero-order valence-electron chi connectivity index (χ0n) is 8.81. The molecule has 0 bridgehead atoms. The molecule has 15 heavy (non-hydrogen) atoms. The molecule has 1 saturated heterocycles. The van der Waals surface area contributed by atoms with Crippen molar-refractivity contribution in [2.75, 3.05) is 13.1 Å². The standard InChI is InChI=1S/C11H15NO2S/c1-10-4-6-11(7-5-10)15(13,14)12-8-2-3-9-12/h4-7H,2-3,8-9H2,1H3. The number of hydrogen-bond donors (Lipinski definition) is 0. The van der Waals surface area contributed by atoms with Gasteiger partial charge in [0.05, 0.1) is 4.90 Å². The molecule has 0 amide bonds. The van der Waals surface area contributed by atoms with Crippen molar-refractivity contribution < 1.29 is 8.42 Å². The van der Waals surface area contributed by atoms with E-state index in [1.54, 1.807) is 16.4 Å². The number of rotatable bonds is 2. The normalized spacial score (nSPS) is 18.2. The Morgan fingerprint density at radius 1 is 1.07 bits per heavy atom. The van der Waals surface area contributed by atoms with Crippen LogP contribution in [0.1, 0.15) is 18.4 Å². The fourth-order valence-corrected chi connectivity index (χ4v) is 3.30. The van der Waals surface area contributed by atoms with Crippen LogP contribution in [0.15, 0.2) is 29.2 Å². The van der Waals surface area contributed by atoms with Gasteiger partial charge in [-0.15, -0.1) is 0 Å². The average molecular weight is 225 g/mol. The van der Waals surface area contributed by atoms with Crippen LogP contribution in [-0.2, 0) is 10.0 Å². The van der Waals surface area contributed by atoms with Gasteiger partial charge in [-0.3, -0.25) is 0 Å². The first kappa shape index (κ1) is 10.6. The van der Waals surface area contributed by atoms with Crippen LogP contribution >= 0.6 is 0 Å². The van der Waals surface area contributed by atoms with Crippen LogP contribution in [0.3, 0.4) is 0 Å². The second-order valence-corrected chi connectivity index (χ2v) is 5.86. The summed E-state index contributed by atoms with van der Waals surface area (Å²) in [5.74, 6) is 0. The molecule has 3 nitrogen and oxygen atoms in total. The Balaban J connectivity index is 2.32. The minimum absolute atomic E-state index is 0.412. The van der Waals surface area contributed by atoms with Crippen molar-refractivity contribution in [2.24, 2.45) is 0 Å². The van der Waals surface area contributed by atoms with Gasteiger partial charge in [0.25, 0.3) is 0 Å². The number of nitrogens with zero attached hydrogens (tertiary/aromatic N) is 1. The molecule has 1 fully saturated rings. The quantitative estimate of drug-likeness (QED) is 0.769. The van der Waals surface area contributed by atoms with Crippen molar-refractivity contribution in [1.82, 2.24) is 4.31 Å². The molecule has 0 aromatic heterocycles. The summed E-state index contributed by atoms with van der Waals surface area (Å²) in [7, 11) is -3.22. The molecule has 0 N–H and O–H groups in total. The Morgan fingerprint density at radius 3 is 2.13 bits per heavy atom. The van der Waals surface area contributed by atoms with E-state index >= 15 is 0 Å². The molecule has 1 heterocycles. The molecule has 4 heteroatoms. The van der Waals surface area contributed by atoms with Crippen LogP contribution in [0.25, 0.3) is 0 Å². The van der Waals surface area contributed by atoms with Gasteiger partial charge in [-0.05, 0) is 31.9 Å². The first-order valence-electron chi connectivity index (χ1n) is 5.17. The highest BCUT2D eigenvalue weighted by Gasteiger charge is 2.26. The summed E-state index contributed by atoms with van der Waals surface area (Å²) in [6, 6.07) is 7.04. The van der Waals surface area contributed by atoms with Crippen molar-refractivity contribution in [3.63, 3.8) is 0 Å². The first-order chi connectivity index (χ1) is 7.10. The molecule has 82 valence electrons. The van der Waals surface area contributed by atoms with Gasteiger partial charge in [0.1, 0.15) is 0 Å². The van der Waals surface area contributed by atoms with Crippen LogP contribution in [0.5, 0.6) is 0 Å². The molecule has 0 spiro atoms. The van der Waals surface area contributed by atoms with Gasteiger partial charge < -0.3 is 0 Å². The van der Waals surface area contributed by atoms with Gasteiger partial charge in [0.2, 0.25) is 10.0 Å². The van der Waals surface area contributed by atoms with E-state index in [1.165, 1.54) is 0 Å². The maximum atomic E-state index is 12.1. The third-order valence-corrected chi connectivity index (χ3v) is 4.64. The molecule has 0 radical (unpaired) electrons. The molecule has 0 saturated carbocycles. The van der Waals surface area contributed by atoms with E-state index < -0.39 is 10.0 Å². The smallest absolute Gasteiger partial charge is 0.207 e. The topological polar surface area (TPSA) is 37.4 Å². The van der Waals surface area contributed by atoms with Gasteiger partial charge in [-0.25, -0.2) is 8.42 Å². The molecule has 2 rings (SSSR count). The minimum atomic E-state index is -3.22. The fraction of sp³-hybridized carbons (Fsp3) is 0.455. The summed E-state index contributed by atoms with van der Waals surface area (Å²) in [6.07, 6.45) is 1.95. The van der Waals surface area contributed by atoms with Crippen molar-refractivity contribution >= 4 is 10.0 Å². The van der Waals surface area contributed by atoms with Crippen molar-refractivity contribution in [3.8, 4) is 0 Å². The van der Waals surface area contributed by atoms with E-state index in [4.69, 9.17) is 0 Å². The summed E-state index contributed by atoms with van der Waals surface area (Å²) in [5.41, 5.74) is 1.08. The maximum Gasteiger partial charge on any atom is 0.243 e. The summed E-state index contributed by atoms with van der Waals surface area (Å²) >= 11 is 0. The highest BCUT2D eigenvalue weighted by atomic mass is 32.2. The van der Waals surface area contributed by atoms with E-state index in [2.05, 4.69) is 0 Å². The molecule has 0 unspecified atom stereocenters. The molecule has 1 aromatic carbocycles. The monoisotopic (exact) mass is 225 g/mol. The third-order valence-electron chi connectivity index (χ3n) is 2.72. The zero-order chi connectivity index (χ0) is 10.9. The van der Waals surface area contributed by atoms with Gasteiger partial charge in [-0.2, -0.15) is 4.31 Å². The Bertz CT molecular complexity index is 430. The number of sulfonamides is 1. The van der Waals surface area contributed by atoms with Crippen LogP contribution in [-0.4, -0.2) is 25.8 Å². The van der Waals surface area contributed by atoms with Crippen LogP contribution < -0.4 is 0 Å². The Kier molecular flexibility index (Phi) is 2.80. The summed E-state index contributed by atoms with van der Waals surface area (Å²) in [6.45, 7) is 3.28. The largest absolute Gasteiger partial charge is 0.243 e. The predicted octanol–water partition coefficient (Wildman–Crippen LogP) is 1.78. The summed E-state index contributed by atoms with van der Waals surface area (Å²) in [4.78, 5) is 0.412. The highest BCUT2D eigenvalue weighted by Crippen LogP contribution is 2.20. The Morgan fingerprint density at radius 2 is 1.60 bits per heavy atom. The van der Waals surface area contributed by atoms with E-state index in [0.29, 0.717) is 18.0 Å². The second-order valence-electron chi connectivity index (χ2n) is 3.92. The SMILES string of the molecule is Cc1ccc(S(=O)(=O)N2CCCC2)cc1. The van der Waals surface area contributed by atoms with Crippen molar-refractivity contribution in [3.05, 3.63) is 29.8 Å². The Hall–Kier alpha value is -0.870. The maximum absolute atomic E-state index is 12.1. The zero-order valence-corrected chi connectivity index (χ0v) is 9.63. The molecule has 0 aliphatic carbocycles. The van der Waals surface area contributed by atoms with E-state index in [-0.39, 0.29) is 0 Å². The lowest BCUT2D eigenvalue weighted by atomic mass is 10.2. The van der Waals surface area contributed by atoms with Crippen LogP contribution in [0.4, 0.5) is 0 Å². The molecule has 1 aliphatic rings. The van der Waals surface area contributed by atoms with Gasteiger partial charge in [0, 0.05) is 13.1 Å². The van der Waals surface area contributed by atoms with Crippen molar-refractivity contribution in [1.29, 1.82) is 0 Å². The van der Waals surface area contributed by atoms with Crippen molar-refractivity contribution in [2.45, 2.75) is 24.7 Å². The molecule has 1 aliphatic heterocycles. The molecule has 1 aromatic rings. The summed E-state index contributed by atoms with van der Waals surface area (Å²) < 4.78 is 25.7. The average Bonchev–Trinajstić information content (AvgIpc) is 2.71. The lowest BCUT2D eigenvalue weighted by Crippen LogP contribution is -2.27. The van der Waals surface area contributed by atoms with Gasteiger partial charge in [0.15, 0.2) is 0 Å². The Labute approximate surface area is 90.8 Å². The number of benzene rings is 1. The van der Waals surface area contributed by atoms with E-state index in [0.717, 1.165) is 18.4 Å². The van der Waals surface area contributed by atoms with Crippen LogP contribution in [0, 0.1) is 6.92 Å². The summed E-state index contributed by atoms with van der Waals surface area (Å²) in [5, 5.41) is 0. The van der Waals surface area contributed by atoms with Gasteiger partial charge >= 0.3 is 0 Å². The second kappa shape index (κ2) is 3.94. The lowest BCUT2D eigenvalue weighted by Gasteiger charge is -2.15. The number of hydrogen-bond acceptors (Lipinski definition) is 2. The molecular weight excluding hydrogens is 210 g/mol. The minimum Gasteiger partial charge on any atom is -0.207 e. The van der Waals surface area contributed by atoms with E-state index in [1.807, 2.05) is 19.1 Å². The number of aryl methyl sites for hydroxylation is 1. The third kappa shape index (κ3) is 2.06. The van der Waals surface area contributed by atoms with Gasteiger partial charge in [-0.1, -0.05) is 17.7 Å². The lowest BCUT2D eigenvalue weighted by molar-refractivity contribution is 0.477. The molecular formula is C11H15NO2S. The molecule has 0 atom stereocenters. The highest BCUT2D eigenvalue weighted by molar-refractivity contribution is 7.89. The predicted molar refractivity (Wildman–Crippen MR) is 59.2 cm³/mol. The van der Waals surface area contributed by atoms with E-state index in [9.17, 15) is 8.42 Å². The first-order valence-corrected chi connectivity index (χ1v) is 6.61. The van der Waals surface area contributed by atoms with Crippen LogP contribution in [0.2, 0.25) is 0 Å². The fourth-order valence-electron chi connectivity index (χ4n) is 1.79.